The van der Waals surface area contributed by atoms with Crippen molar-refractivity contribution in [2.45, 2.75) is 57.7 Å². The van der Waals surface area contributed by atoms with Gasteiger partial charge in [0.15, 0.2) is 17.3 Å². The average molecular weight is 504 g/mol. The highest BCUT2D eigenvalue weighted by Gasteiger charge is 2.43. The van der Waals surface area contributed by atoms with E-state index in [0.717, 1.165) is 42.5 Å². The molecule has 0 radical (unpaired) electrons. The molecule has 0 N–H and O–H groups in total. The third-order valence-corrected chi connectivity index (χ3v) is 7.31. The van der Waals surface area contributed by atoms with Crippen LogP contribution in [-0.2, 0) is 25.7 Å². The molecule has 2 heterocycles. The normalized spacial score (nSPS) is 23.4. The van der Waals surface area contributed by atoms with Gasteiger partial charge in [-0.3, -0.25) is 14.6 Å². The zero-order valence-electron chi connectivity index (χ0n) is 21.4. The molecule has 2 aromatic carbocycles. The number of carbonyl (C=O) groups excluding carboxylic acids is 2. The Hall–Kier alpha value is -3.45. The van der Waals surface area contributed by atoms with E-state index in [9.17, 15) is 9.59 Å². The van der Waals surface area contributed by atoms with Crippen LogP contribution in [0.4, 0.5) is 0 Å². The van der Waals surface area contributed by atoms with Crippen molar-refractivity contribution in [2.75, 3.05) is 20.3 Å². The minimum absolute atomic E-state index is 0.0435. The van der Waals surface area contributed by atoms with Crippen molar-refractivity contribution in [3.05, 3.63) is 70.9 Å². The Morgan fingerprint density at radius 2 is 1.92 bits per heavy atom. The number of ether oxygens (including phenoxy) is 4. The van der Waals surface area contributed by atoms with Gasteiger partial charge in [0.25, 0.3) is 0 Å². The minimum Gasteiger partial charge on any atom is -0.493 e. The monoisotopic (exact) mass is 503 g/mol. The van der Waals surface area contributed by atoms with Crippen molar-refractivity contribution < 1.29 is 28.5 Å². The summed E-state index contributed by atoms with van der Waals surface area (Å²) in [5.74, 6) is -0.389. The smallest absolute Gasteiger partial charge is 0.315 e. The van der Waals surface area contributed by atoms with E-state index in [-0.39, 0.29) is 24.5 Å². The molecule has 7 heteroatoms. The molecule has 0 spiro atoms. The summed E-state index contributed by atoms with van der Waals surface area (Å²) in [6.45, 7) is 3.12. The van der Waals surface area contributed by atoms with Gasteiger partial charge in [-0.1, -0.05) is 36.4 Å². The van der Waals surface area contributed by atoms with E-state index >= 15 is 0 Å². The summed E-state index contributed by atoms with van der Waals surface area (Å²) in [6.07, 6.45) is 3.71. The first-order valence-electron chi connectivity index (χ1n) is 13.0. The number of nitrogens with zero attached hydrogens (tertiary/aromatic N) is 1. The topological polar surface area (TPSA) is 83.4 Å². The second-order valence-electron chi connectivity index (χ2n) is 9.80. The average Bonchev–Trinajstić information content (AvgIpc) is 3.44. The van der Waals surface area contributed by atoms with Gasteiger partial charge in [-0.15, -0.1) is 0 Å². The van der Waals surface area contributed by atoms with Crippen LogP contribution in [0.1, 0.15) is 56.1 Å². The molecule has 5 rings (SSSR count). The van der Waals surface area contributed by atoms with E-state index in [1.54, 1.807) is 7.11 Å². The van der Waals surface area contributed by atoms with E-state index in [0.29, 0.717) is 42.4 Å². The Balaban J connectivity index is 1.48. The van der Waals surface area contributed by atoms with Crippen molar-refractivity contribution >= 4 is 17.5 Å². The maximum atomic E-state index is 13.5. The molecule has 2 aliphatic heterocycles. The van der Waals surface area contributed by atoms with Gasteiger partial charge in [0.2, 0.25) is 0 Å². The lowest BCUT2D eigenvalue weighted by molar-refractivity contribution is -0.149. The molecule has 1 fully saturated rings. The number of esters is 1. The number of hydrogen-bond donors (Lipinski definition) is 0. The van der Waals surface area contributed by atoms with Crippen LogP contribution >= 0.6 is 0 Å². The Kier molecular flexibility index (Phi) is 7.70. The lowest BCUT2D eigenvalue weighted by atomic mass is 9.71. The summed E-state index contributed by atoms with van der Waals surface area (Å²) in [6, 6.07) is 15.5. The molecular weight excluding hydrogens is 470 g/mol. The number of methoxy groups -OCH3 is 1. The van der Waals surface area contributed by atoms with Crippen molar-refractivity contribution in [1.82, 2.24) is 0 Å². The molecule has 7 nitrogen and oxygen atoms in total. The van der Waals surface area contributed by atoms with Gasteiger partial charge >= 0.3 is 5.97 Å². The third-order valence-electron chi connectivity index (χ3n) is 7.31. The lowest BCUT2D eigenvalue weighted by Crippen LogP contribution is -2.38. The third kappa shape index (κ3) is 5.47. The van der Waals surface area contributed by atoms with Crippen molar-refractivity contribution in [3.8, 4) is 11.5 Å². The predicted molar refractivity (Wildman–Crippen MR) is 139 cm³/mol. The van der Waals surface area contributed by atoms with Gasteiger partial charge in [0.05, 0.1) is 13.2 Å². The van der Waals surface area contributed by atoms with Gasteiger partial charge in [0.1, 0.15) is 19.1 Å². The van der Waals surface area contributed by atoms with Crippen LogP contribution in [0.25, 0.3) is 0 Å². The first-order valence-corrected chi connectivity index (χ1v) is 13.0. The summed E-state index contributed by atoms with van der Waals surface area (Å²) >= 11 is 0. The van der Waals surface area contributed by atoms with Gasteiger partial charge in [-0.25, -0.2) is 0 Å². The summed E-state index contributed by atoms with van der Waals surface area (Å²) < 4.78 is 23.1. The van der Waals surface area contributed by atoms with E-state index < -0.39 is 11.8 Å². The molecule has 2 aromatic rings. The maximum absolute atomic E-state index is 13.5. The maximum Gasteiger partial charge on any atom is 0.315 e. The summed E-state index contributed by atoms with van der Waals surface area (Å²) in [7, 11) is 1.60. The highest BCUT2D eigenvalue weighted by Crippen LogP contribution is 2.45. The van der Waals surface area contributed by atoms with Gasteiger partial charge in [-0.2, -0.15) is 0 Å². The number of ketones is 1. The molecule has 0 saturated carbocycles. The molecule has 3 atom stereocenters. The molecule has 3 aliphatic rings. The Labute approximate surface area is 217 Å². The van der Waals surface area contributed by atoms with E-state index in [2.05, 4.69) is 0 Å². The van der Waals surface area contributed by atoms with Crippen LogP contribution in [0.5, 0.6) is 11.5 Å². The van der Waals surface area contributed by atoms with Gasteiger partial charge in [-0.05, 0) is 55.9 Å². The number of allylic oxidation sites excluding steroid dienone is 2. The van der Waals surface area contributed by atoms with Crippen LogP contribution < -0.4 is 9.47 Å². The molecule has 194 valence electrons. The molecule has 1 aliphatic carbocycles. The van der Waals surface area contributed by atoms with Crippen molar-refractivity contribution in [2.24, 2.45) is 10.9 Å². The number of aliphatic imine (C=N–C) groups is 1. The zero-order valence-corrected chi connectivity index (χ0v) is 21.4. The van der Waals surface area contributed by atoms with E-state index in [4.69, 9.17) is 23.9 Å². The fourth-order valence-electron chi connectivity index (χ4n) is 5.45. The first-order chi connectivity index (χ1) is 18.0. The molecule has 1 unspecified atom stereocenters. The molecule has 0 aromatic heterocycles. The zero-order chi connectivity index (χ0) is 25.8. The highest BCUT2D eigenvalue weighted by molar-refractivity contribution is 6.08. The van der Waals surface area contributed by atoms with Crippen LogP contribution in [-0.4, -0.2) is 43.9 Å². The minimum atomic E-state index is -0.697. The number of carbonyl (C=O) groups is 2. The van der Waals surface area contributed by atoms with E-state index in [1.807, 2.05) is 55.5 Å². The number of rotatable bonds is 8. The van der Waals surface area contributed by atoms with Crippen LogP contribution in [0.3, 0.4) is 0 Å². The SMILES string of the molecule is COc1ccc([C@@H]2C3=C(CCCC3=O)N=C(C)C2C(=O)OC[C@H]2CCCO2)cc1OCc1ccccc1. The number of benzene rings is 2. The fourth-order valence-corrected chi connectivity index (χ4v) is 5.45. The summed E-state index contributed by atoms with van der Waals surface area (Å²) in [5, 5.41) is 0. The highest BCUT2D eigenvalue weighted by atomic mass is 16.6. The number of hydrogen-bond acceptors (Lipinski definition) is 7. The van der Waals surface area contributed by atoms with E-state index in [1.165, 1.54) is 0 Å². The first kappa shape index (κ1) is 25.2. The fraction of sp³-hybridized carbons (Fsp3) is 0.433. The second-order valence-corrected chi connectivity index (χ2v) is 9.80. The summed E-state index contributed by atoms with van der Waals surface area (Å²) in [5.41, 5.74) is 3.90. The van der Waals surface area contributed by atoms with Crippen LogP contribution in [0.2, 0.25) is 0 Å². The Morgan fingerprint density at radius 3 is 2.68 bits per heavy atom. The quantitative estimate of drug-likeness (QED) is 0.462. The lowest BCUT2D eigenvalue weighted by Gasteiger charge is -2.34. The predicted octanol–water partition coefficient (Wildman–Crippen LogP) is 5.18. The summed E-state index contributed by atoms with van der Waals surface area (Å²) in [4.78, 5) is 31.5. The Bertz CT molecular complexity index is 1210. The molecule has 0 bridgehead atoms. The molecule has 37 heavy (non-hydrogen) atoms. The molecular formula is C30H33NO6. The Morgan fingerprint density at radius 1 is 1.08 bits per heavy atom. The number of Topliss-reactive ketones (excluding diaryl/α,β-unsaturated/α-hetero) is 1. The van der Waals surface area contributed by atoms with Crippen molar-refractivity contribution in [1.29, 1.82) is 0 Å². The van der Waals surface area contributed by atoms with Crippen LogP contribution in [0, 0.1) is 5.92 Å². The van der Waals surface area contributed by atoms with Crippen LogP contribution in [0.15, 0.2) is 64.8 Å². The molecule has 0 amide bonds. The second kappa shape index (κ2) is 11.3. The van der Waals surface area contributed by atoms with Crippen molar-refractivity contribution in [3.63, 3.8) is 0 Å². The largest absolute Gasteiger partial charge is 0.493 e. The molecule has 1 saturated heterocycles. The van der Waals surface area contributed by atoms with Gasteiger partial charge < -0.3 is 18.9 Å². The van der Waals surface area contributed by atoms with Gasteiger partial charge in [0, 0.05) is 35.9 Å². The standard InChI is InChI=1S/C30H33NO6/c1-19-27(30(33)37-18-22-10-7-15-35-22)28(29-23(31-19)11-6-12-24(29)32)21-13-14-25(34-2)26(16-21)36-17-20-8-4-3-5-9-20/h3-5,8-9,13-14,16,22,27-28H,6-7,10-12,15,17-18H2,1-2H3/t22-,27?,28+/m1/s1.